The van der Waals surface area contributed by atoms with E-state index < -0.39 is 0 Å². The molecule has 4 rings (SSSR count). The topological polar surface area (TPSA) is 38.8 Å². The zero-order valence-electron chi connectivity index (χ0n) is 13.2. The number of ether oxygens (including phenoxy) is 2. The number of nitrogens with zero attached hydrogens (tertiary/aromatic N) is 1. The number of aryl methyl sites for hydroxylation is 1. The summed E-state index contributed by atoms with van der Waals surface area (Å²) in [6, 6.07) is 12.1. The summed E-state index contributed by atoms with van der Waals surface area (Å²) >= 11 is 0. The molecule has 4 nitrogen and oxygen atoms in total. The molecule has 118 valence electrons. The van der Waals surface area contributed by atoms with E-state index in [0.717, 1.165) is 24.3 Å². The van der Waals surface area contributed by atoms with Crippen molar-refractivity contribution in [3.63, 3.8) is 0 Å². The molecule has 2 aromatic carbocycles. The Hall–Kier alpha value is -2.49. The molecule has 0 saturated heterocycles. The zero-order valence-corrected chi connectivity index (χ0v) is 13.2. The maximum atomic E-state index is 12.9. The molecule has 0 radical (unpaired) electrons. The highest BCUT2D eigenvalue weighted by molar-refractivity contribution is 5.96. The van der Waals surface area contributed by atoms with Crippen molar-refractivity contribution < 1.29 is 14.3 Å². The third-order valence-electron chi connectivity index (χ3n) is 4.54. The second-order valence-corrected chi connectivity index (χ2v) is 6.06. The summed E-state index contributed by atoms with van der Waals surface area (Å²) in [6.07, 6.45) is 0.908. The lowest BCUT2D eigenvalue weighted by Gasteiger charge is -2.30. The van der Waals surface area contributed by atoms with E-state index in [0.29, 0.717) is 31.1 Å². The number of rotatable bonds is 1. The largest absolute Gasteiger partial charge is 0.486 e. The van der Waals surface area contributed by atoms with Crippen LogP contribution in [-0.4, -0.2) is 30.6 Å². The SMILES string of the molecule is Cc1cc2c(cc1C(=O)N1CCc3ccccc3C1)OCCO2. The summed E-state index contributed by atoms with van der Waals surface area (Å²) in [5.74, 6) is 1.46. The summed E-state index contributed by atoms with van der Waals surface area (Å²) in [6.45, 7) is 4.46. The van der Waals surface area contributed by atoms with Gasteiger partial charge in [-0.1, -0.05) is 24.3 Å². The van der Waals surface area contributed by atoms with Crippen molar-refractivity contribution in [1.29, 1.82) is 0 Å². The third kappa shape index (κ3) is 2.54. The Morgan fingerprint density at radius 3 is 2.52 bits per heavy atom. The molecular weight excluding hydrogens is 290 g/mol. The van der Waals surface area contributed by atoms with Gasteiger partial charge in [-0.15, -0.1) is 0 Å². The average Bonchev–Trinajstić information content (AvgIpc) is 2.60. The molecule has 1 amide bonds. The highest BCUT2D eigenvalue weighted by Gasteiger charge is 2.24. The first-order chi connectivity index (χ1) is 11.2. The molecule has 2 aromatic rings. The lowest BCUT2D eigenvalue weighted by Crippen LogP contribution is -2.36. The van der Waals surface area contributed by atoms with Crippen molar-refractivity contribution in [2.75, 3.05) is 19.8 Å². The quantitative estimate of drug-likeness (QED) is 0.813. The second kappa shape index (κ2) is 5.61. The second-order valence-electron chi connectivity index (χ2n) is 6.06. The minimum Gasteiger partial charge on any atom is -0.486 e. The van der Waals surface area contributed by atoms with Crippen LogP contribution in [0.1, 0.15) is 27.0 Å². The van der Waals surface area contributed by atoms with Crippen LogP contribution in [0.5, 0.6) is 11.5 Å². The van der Waals surface area contributed by atoms with Crippen molar-refractivity contribution in [2.24, 2.45) is 0 Å². The Balaban J connectivity index is 1.63. The van der Waals surface area contributed by atoms with Crippen LogP contribution < -0.4 is 9.47 Å². The number of fused-ring (bicyclic) bond motifs is 2. The number of carbonyl (C=O) groups excluding carboxylic acids is 1. The fourth-order valence-corrected chi connectivity index (χ4v) is 3.26. The summed E-state index contributed by atoms with van der Waals surface area (Å²) in [7, 11) is 0. The standard InChI is InChI=1S/C19H19NO3/c1-13-10-17-18(23-9-8-22-17)11-16(13)19(21)20-7-6-14-4-2-3-5-15(14)12-20/h2-5,10-11H,6-9,12H2,1H3. The van der Waals surface area contributed by atoms with Crippen molar-refractivity contribution in [3.8, 4) is 11.5 Å². The summed E-state index contributed by atoms with van der Waals surface area (Å²) < 4.78 is 11.2. The zero-order chi connectivity index (χ0) is 15.8. The van der Waals surface area contributed by atoms with Gasteiger partial charge in [0.1, 0.15) is 13.2 Å². The van der Waals surface area contributed by atoms with E-state index in [1.165, 1.54) is 11.1 Å². The Kier molecular flexibility index (Phi) is 3.45. The van der Waals surface area contributed by atoms with Crippen molar-refractivity contribution >= 4 is 5.91 Å². The molecule has 0 aromatic heterocycles. The first-order valence-corrected chi connectivity index (χ1v) is 7.98. The minimum atomic E-state index is 0.0639. The molecule has 23 heavy (non-hydrogen) atoms. The summed E-state index contributed by atoms with van der Waals surface area (Å²) in [5.41, 5.74) is 4.21. The van der Waals surface area contributed by atoms with Crippen molar-refractivity contribution in [1.82, 2.24) is 4.90 Å². The minimum absolute atomic E-state index is 0.0639. The normalized spacial score (nSPS) is 16.0. The van der Waals surface area contributed by atoms with Crippen molar-refractivity contribution in [3.05, 3.63) is 58.7 Å². The third-order valence-corrected chi connectivity index (χ3v) is 4.54. The van der Waals surface area contributed by atoms with Gasteiger partial charge in [-0.25, -0.2) is 0 Å². The number of hydrogen-bond donors (Lipinski definition) is 0. The number of benzene rings is 2. The highest BCUT2D eigenvalue weighted by atomic mass is 16.6. The van der Waals surface area contributed by atoms with E-state index in [2.05, 4.69) is 18.2 Å². The highest BCUT2D eigenvalue weighted by Crippen LogP contribution is 2.34. The van der Waals surface area contributed by atoms with E-state index in [9.17, 15) is 4.79 Å². The van der Waals surface area contributed by atoms with E-state index >= 15 is 0 Å². The lowest BCUT2D eigenvalue weighted by molar-refractivity contribution is 0.0733. The Morgan fingerprint density at radius 1 is 1.04 bits per heavy atom. The van der Waals surface area contributed by atoms with Gasteiger partial charge < -0.3 is 14.4 Å². The summed E-state index contributed by atoms with van der Waals surface area (Å²) in [5, 5.41) is 0. The molecule has 0 spiro atoms. The monoisotopic (exact) mass is 309 g/mol. The Labute approximate surface area is 135 Å². The van der Waals surface area contributed by atoms with Gasteiger partial charge in [0, 0.05) is 18.7 Å². The van der Waals surface area contributed by atoms with Gasteiger partial charge in [0.15, 0.2) is 11.5 Å². The fraction of sp³-hybridized carbons (Fsp3) is 0.316. The smallest absolute Gasteiger partial charge is 0.254 e. The molecule has 0 aliphatic carbocycles. The molecule has 0 fully saturated rings. The van der Waals surface area contributed by atoms with Crippen LogP contribution in [0.15, 0.2) is 36.4 Å². The van der Waals surface area contributed by atoms with Gasteiger partial charge in [0.05, 0.1) is 0 Å². The fourth-order valence-electron chi connectivity index (χ4n) is 3.26. The first kappa shape index (κ1) is 14.1. The van der Waals surface area contributed by atoms with Gasteiger partial charge in [0.2, 0.25) is 0 Å². The van der Waals surface area contributed by atoms with Crippen LogP contribution in [0, 0.1) is 6.92 Å². The molecule has 0 unspecified atom stereocenters. The van der Waals surface area contributed by atoms with Gasteiger partial charge >= 0.3 is 0 Å². The first-order valence-electron chi connectivity index (χ1n) is 7.98. The number of hydrogen-bond acceptors (Lipinski definition) is 3. The predicted molar refractivity (Wildman–Crippen MR) is 87.1 cm³/mol. The van der Waals surface area contributed by atoms with Gasteiger partial charge in [-0.05, 0) is 42.2 Å². The van der Waals surface area contributed by atoms with E-state index in [4.69, 9.17) is 9.47 Å². The predicted octanol–water partition coefficient (Wildman–Crippen LogP) is 2.96. The Morgan fingerprint density at radius 2 is 1.74 bits per heavy atom. The van der Waals surface area contributed by atoms with Gasteiger partial charge in [-0.3, -0.25) is 4.79 Å². The molecular formula is C19H19NO3. The molecule has 2 aliphatic heterocycles. The van der Waals surface area contributed by atoms with Crippen molar-refractivity contribution in [2.45, 2.75) is 19.9 Å². The number of carbonyl (C=O) groups is 1. The van der Waals surface area contributed by atoms with Gasteiger partial charge in [0.25, 0.3) is 5.91 Å². The van der Waals surface area contributed by atoms with Crippen LogP contribution in [0.25, 0.3) is 0 Å². The van der Waals surface area contributed by atoms with Crippen LogP contribution in [0.2, 0.25) is 0 Å². The van der Waals surface area contributed by atoms with E-state index in [1.54, 1.807) is 0 Å². The molecule has 2 heterocycles. The maximum absolute atomic E-state index is 12.9. The van der Waals surface area contributed by atoms with E-state index in [-0.39, 0.29) is 5.91 Å². The van der Waals surface area contributed by atoms with E-state index in [1.807, 2.05) is 30.0 Å². The summed E-state index contributed by atoms with van der Waals surface area (Å²) in [4.78, 5) is 14.9. The maximum Gasteiger partial charge on any atom is 0.254 e. The lowest BCUT2D eigenvalue weighted by atomic mass is 9.98. The molecule has 0 bridgehead atoms. The van der Waals surface area contributed by atoms with Crippen LogP contribution >= 0.6 is 0 Å². The van der Waals surface area contributed by atoms with Gasteiger partial charge in [-0.2, -0.15) is 0 Å². The molecule has 2 aliphatic rings. The molecule has 0 atom stereocenters. The molecule has 4 heteroatoms. The van der Waals surface area contributed by atoms with Crippen LogP contribution in [0.3, 0.4) is 0 Å². The van der Waals surface area contributed by atoms with Crippen LogP contribution in [0.4, 0.5) is 0 Å². The number of amides is 1. The molecule has 0 N–H and O–H groups in total. The Bertz CT molecular complexity index is 769. The van der Waals surface area contributed by atoms with Crippen LogP contribution in [-0.2, 0) is 13.0 Å². The molecule has 0 saturated carbocycles. The average molecular weight is 309 g/mol.